The number of hydrogen-bond donors (Lipinski definition) is 0. The number of nitrogens with zero attached hydrogens (tertiary/aromatic N) is 4. The van der Waals surface area contributed by atoms with Gasteiger partial charge in [0, 0.05) is 38.4 Å². The minimum Gasteiger partial charge on any atom is -0.347 e. The molecule has 2 fully saturated rings. The molecular weight excluding hydrogens is 411 g/mol. The molecule has 2 aromatic carbocycles. The molecule has 0 unspecified atom stereocenters. The van der Waals surface area contributed by atoms with E-state index in [4.69, 9.17) is 0 Å². The standard InChI is InChI=1S/C24H27FN4O3/c1-26(2)21(30)16-28-17-29(20-9-4-3-5-10-20)24(23(28)32)11-13-27(14-12-24)22(31)18-7-6-8-19(25)15-18/h3-10,15H,11-14,16-17H2,1-2H3. The number of halogens is 1. The van der Waals surface area contributed by atoms with E-state index >= 15 is 0 Å². The molecule has 0 aromatic heterocycles. The van der Waals surface area contributed by atoms with Crippen LogP contribution in [0.15, 0.2) is 54.6 Å². The number of para-hydroxylation sites is 1. The average Bonchev–Trinajstić information content (AvgIpc) is 3.05. The van der Waals surface area contributed by atoms with Gasteiger partial charge in [-0.25, -0.2) is 4.39 Å². The Balaban J connectivity index is 1.57. The van der Waals surface area contributed by atoms with Gasteiger partial charge >= 0.3 is 0 Å². The van der Waals surface area contributed by atoms with Gasteiger partial charge in [0.15, 0.2) is 0 Å². The summed E-state index contributed by atoms with van der Waals surface area (Å²) in [4.78, 5) is 45.6. The Morgan fingerprint density at radius 3 is 2.34 bits per heavy atom. The van der Waals surface area contributed by atoms with E-state index in [1.807, 2.05) is 30.3 Å². The third kappa shape index (κ3) is 3.92. The fourth-order valence-electron chi connectivity index (χ4n) is 4.51. The van der Waals surface area contributed by atoms with Crippen molar-refractivity contribution in [2.24, 2.45) is 0 Å². The molecule has 0 bridgehead atoms. The number of piperidine rings is 1. The molecule has 2 aliphatic heterocycles. The lowest BCUT2D eigenvalue weighted by Gasteiger charge is -2.43. The molecule has 2 heterocycles. The average molecular weight is 439 g/mol. The number of amides is 3. The van der Waals surface area contributed by atoms with Gasteiger partial charge in [-0.3, -0.25) is 14.4 Å². The molecule has 2 aromatic rings. The van der Waals surface area contributed by atoms with Crippen molar-refractivity contribution in [2.45, 2.75) is 18.4 Å². The van der Waals surface area contributed by atoms with E-state index in [9.17, 15) is 18.8 Å². The lowest BCUT2D eigenvalue weighted by Crippen LogP contribution is -2.57. The SMILES string of the molecule is CN(C)C(=O)CN1CN(c2ccccc2)C2(CCN(C(=O)c3cccc(F)c3)CC2)C1=O. The quantitative estimate of drug-likeness (QED) is 0.734. The number of carbonyl (C=O) groups is 3. The molecule has 8 heteroatoms. The Morgan fingerprint density at radius 1 is 1.03 bits per heavy atom. The second-order valence-corrected chi connectivity index (χ2v) is 8.53. The molecule has 0 atom stereocenters. The molecule has 1 spiro atoms. The maximum Gasteiger partial charge on any atom is 0.253 e. The molecule has 32 heavy (non-hydrogen) atoms. The molecule has 0 saturated carbocycles. The van der Waals surface area contributed by atoms with Gasteiger partial charge in [-0.2, -0.15) is 0 Å². The Labute approximate surface area is 187 Å². The zero-order chi connectivity index (χ0) is 22.9. The first-order chi connectivity index (χ1) is 15.3. The molecule has 0 N–H and O–H groups in total. The van der Waals surface area contributed by atoms with E-state index < -0.39 is 11.4 Å². The molecule has 7 nitrogen and oxygen atoms in total. The minimum absolute atomic E-state index is 0.0167. The van der Waals surface area contributed by atoms with Crippen LogP contribution >= 0.6 is 0 Å². The normalized spacial score (nSPS) is 17.7. The first-order valence-electron chi connectivity index (χ1n) is 10.7. The Kier molecular flexibility index (Phi) is 5.86. The van der Waals surface area contributed by atoms with Crippen molar-refractivity contribution in [3.05, 3.63) is 66.0 Å². The van der Waals surface area contributed by atoms with Crippen LogP contribution in [-0.2, 0) is 9.59 Å². The largest absolute Gasteiger partial charge is 0.347 e. The lowest BCUT2D eigenvalue weighted by molar-refractivity contribution is -0.139. The van der Waals surface area contributed by atoms with Gasteiger partial charge < -0.3 is 19.6 Å². The predicted molar refractivity (Wildman–Crippen MR) is 118 cm³/mol. The highest BCUT2D eigenvalue weighted by Gasteiger charge is 2.54. The highest BCUT2D eigenvalue weighted by atomic mass is 19.1. The molecule has 4 rings (SSSR count). The van der Waals surface area contributed by atoms with Gasteiger partial charge in [-0.15, -0.1) is 0 Å². The number of hydrogen-bond acceptors (Lipinski definition) is 4. The van der Waals surface area contributed by atoms with Crippen LogP contribution in [0.3, 0.4) is 0 Å². The number of carbonyl (C=O) groups excluding carboxylic acids is 3. The van der Waals surface area contributed by atoms with E-state index in [0.717, 1.165) is 5.69 Å². The number of benzene rings is 2. The van der Waals surface area contributed by atoms with Crippen molar-refractivity contribution in [3.8, 4) is 0 Å². The van der Waals surface area contributed by atoms with Crippen LogP contribution in [0, 0.1) is 5.82 Å². The first kappa shape index (κ1) is 21.8. The van der Waals surface area contributed by atoms with E-state index in [2.05, 4.69) is 4.90 Å². The van der Waals surface area contributed by atoms with E-state index in [1.165, 1.54) is 23.1 Å². The second kappa shape index (κ2) is 8.61. The van der Waals surface area contributed by atoms with E-state index in [0.29, 0.717) is 38.2 Å². The summed E-state index contributed by atoms with van der Waals surface area (Å²) in [5.41, 5.74) is 0.398. The van der Waals surface area contributed by atoms with Crippen molar-refractivity contribution < 1.29 is 18.8 Å². The second-order valence-electron chi connectivity index (χ2n) is 8.53. The number of likely N-dealkylation sites (tertiary alicyclic amines) is 1. The summed E-state index contributed by atoms with van der Waals surface area (Å²) < 4.78 is 13.6. The third-order valence-electron chi connectivity index (χ3n) is 6.36. The van der Waals surface area contributed by atoms with Crippen LogP contribution in [0.4, 0.5) is 10.1 Å². The summed E-state index contributed by atoms with van der Waals surface area (Å²) in [6.07, 6.45) is 0.878. The smallest absolute Gasteiger partial charge is 0.253 e. The number of likely N-dealkylation sites (N-methyl/N-ethyl adjacent to an activating group) is 1. The van der Waals surface area contributed by atoms with Crippen molar-refractivity contribution in [1.82, 2.24) is 14.7 Å². The highest BCUT2D eigenvalue weighted by Crippen LogP contribution is 2.39. The first-order valence-corrected chi connectivity index (χ1v) is 10.7. The summed E-state index contributed by atoms with van der Waals surface area (Å²) in [6, 6.07) is 15.3. The van der Waals surface area contributed by atoms with Crippen LogP contribution < -0.4 is 4.90 Å². The Hall–Kier alpha value is -3.42. The van der Waals surface area contributed by atoms with Crippen LogP contribution in [-0.4, -0.2) is 78.4 Å². The van der Waals surface area contributed by atoms with Gasteiger partial charge in [0.05, 0.1) is 6.67 Å². The fraction of sp³-hybridized carbons (Fsp3) is 0.375. The van der Waals surface area contributed by atoms with Gasteiger partial charge in [-0.1, -0.05) is 24.3 Å². The molecule has 0 radical (unpaired) electrons. The fourth-order valence-corrected chi connectivity index (χ4v) is 4.51. The summed E-state index contributed by atoms with van der Waals surface area (Å²) in [5.74, 6) is -0.918. The van der Waals surface area contributed by atoms with Gasteiger partial charge in [0.25, 0.3) is 11.8 Å². The monoisotopic (exact) mass is 438 g/mol. The van der Waals surface area contributed by atoms with Crippen molar-refractivity contribution >= 4 is 23.4 Å². The summed E-state index contributed by atoms with van der Waals surface area (Å²) in [5, 5.41) is 0. The Bertz CT molecular complexity index is 1020. The van der Waals surface area contributed by atoms with Crippen molar-refractivity contribution in [1.29, 1.82) is 0 Å². The molecule has 168 valence electrons. The molecule has 0 aliphatic carbocycles. The van der Waals surface area contributed by atoms with Crippen LogP contribution in [0.1, 0.15) is 23.2 Å². The van der Waals surface area contributed by atoms with Gasteiger partial charge in [-0.05, 0) is 43.2 Å². The minimum atomic E-state index is -0.813. The van der Waals surface area contributed by atoms with Crippen molar-refractivity contribution in [3.63, 3.8) is 0 Å². The summed E-state index contributed by atoms with van der Waals surface area (Å²) in [6.45, 7) is 1.09. The Morgan fingerprint density at radius 2 is 1.72 bits per heavy atom. The van der Waals surface area contributed by atoms with Crippen molar-refractivity contribution in [2.75, 3.05) is 45.3 Å². The summed E-state index contributed by atoms with van der Waals surface area (Å²) >= 11 is 0. The third-order valence-corrected chi connectivity index (χ3v) is 6.36. The highest BCUT2D eigenvalue weighted by molar-refractivity contribution is 5.97. The molecular formula is C24H27FN4O3. The maximum atomic E-state index is 13.6. The van der Waals surface area contributed by atoms with E-state index in [1.54, 1.807) is 30.0 Å². The van der Waals surface area contributed by atoms with Gasteiger partial charge in [0.2, 0.25) is 5.91 Å². The molecule has 3 amide bonds. The van der Waals surface area contributed by atoms with Crippen LogP contribution in [0.5, 0.6) is 0 Å². The zero-order valence-corrected chi connectivity index (χ0v) is 18.3. The molecule has 2 aliphatic rings. The predicted octanol–water partition coefficient (Wildman–Crippen LogP) is 2.19. The summed E-state index contributed by atoms with van der Waals surface area (Å²) in [7, 11) is 3.34. The zero-order valence-electron chi connectivity index (χ0n) is 18.3. The maximum absolute atomic E-state index is 13.6. The lowest BCUT2D eigenvalue weighted by atomic mass is 9.85. The number of anilines is 1. The van der Waals surface area contributed by atoms with Gasteiger partial charge in [0.1, 0.15) is 17.9 Å². The molecule has 2 saturated heterocycles. The topological polar surface area (TPSA) is 64.2 Å². The van der Waals surface area contributed by atoms with Crippen LogP contribution in [0.2, 0.25) is 0 Å². The van der Waals surface area contributed by atoms with Crippen LogP contribution in [0.25, 0.3) is 0 Å². The number of rotatable bonds is 4. The van der Waals surface area contributed by atoms with E-state index in [-0.39, 0.29) is 24.3 Å².